The molecular formula is C14H10ClFO3S2. The van der Waals surface area contributed by atoms with E-state index in [2.05, 4.69) is 0 Å². The molecule has 1 aromatic carbocycles. The Morgan fingerprint density at radius 2 is 1.95 bits per heavy atom. The molecule has 2 aromatic rings. The maximum Gasteiger partial charge on any atom is 0.185 e. The predicted molar refractivity (Wildman–Crippen MR) is 80.5 cm³/mol. The minimum absolute atomic E-state index is 0.0652. The van der Waals surface area contributed by atoms with Gasteiger partial charge in [-0.3, -0.25) is 4.79 Å². The summed E-state index contributed by atoms with van der Waals surface area (Å²) in [5.41, 5.74) is 1.47. The van der Waals surface area contributed by atoms with Gasteiger partial charge in [-0.25, -0.2) is 12.8 Å². The SMILES string of the molecule is CS(=O)(=O)c1sc(-c2cc(F)cc(Cl)c2)c2c1C(=O)CC2. The van der Waals surface area contributed by atoms with E-state index < -0.39 is 15.7 Å². The lowest BCUT2D eigenvalue weighted by molar-refractivity contribution is 0.0992. The third-order valence-electron chi connectivity index (χ3n) is 3.32. The maximum atomic E-state index is 13.5. The lowest BCUT2D eigenvalue weighted by Crippen LogP contribution is -2.01. The first kappa shape index (κ1) is 14.7. The molecule has 0 spiro atoms. The highest BCUT2D eigenvalue weighted by molar-refractivity contribution is 7.93. The van der Waals surface area contributed by atoms with E-state index in [9.17, 15) is 17.6 Å². The first-order valence-corrected chi connectivity index (χ1v) is 9.21. The topological polar surface area (TPSA) is 51.2 Å². The van der Waals surface area contributed by atoms with Gasteiger partial charge in [-0.15, -0.1) is 11.3 Å². The molecule has 1 aliphatic carbocycles. The molecular weight excluding hydrogens is 335 g/mol. The highest BCUT2D eigenvalue weighted by Gasteiger charge is 2.33. The van der Waals surface area contributed by atoms with Gasteiger partial charge >= 0.3 is 0 Å². The normalized spacial score (nSPS) is 14.5. The summed E-state index contributed by atoms with van der Waals surface area (Å²) in [6, 6.07) is 4.06. The summed E-state index contributed by atoms with van der Waals surface area (Å²) in [6.45, 7) is 0. The van der Waals surface area contributed by atoms with E-state index >= 15 is 0 Å². The maximum absolute atomic E-state index is 13.5. The molecule has 0 saturated heterocycles. The third kappa shape index (κ3) is 2.52. The molecule has 21 heavy (non-hydrogen) atoms. The van der Waals surface area contributed by atoms with Crippen molar-refractivity contribution in [3.8, 4) is 10.4 Å². The second-order valence-electron chi connectivity index (χ2n) is 4.93. The van der Waals surface area contributed by atoms with Crippen LogP contribution in [-0.4, -0.2) is 20.5 Å². The molecule has 0 radical (unpaired) electrons. The number of carbonyl (C=O) groups is 1. The highest BCUT2D eigenvalue weighted by Crippen LogP contribution is 2.44. The van der Waals surface area contributed by atoms with Crippen molar-refractivity contribution in [3.05, 3.63) is 40.2 Å². The number of benzene rings is 1. The van der Waals surface area contributed by atoms with Crippen LogP contribution in [-0.2, 0) is 16.3 Å². The fourth-order valence-electron chi connectivity index (χ4n) is 2.51. The lowest BCUT2D eigenvalue weighted by Gasteiger charge is -2.02. The number of Topliss-reactive ketones (excluding diaryl/α,β-unsaturated/α-hetero) is 1. The van der Waals surface area contributed by atoms with Crippen LogP contribution in [0.5, 0.6) is 0 Å². The Morgan fingerprint density at radius 3 is 2.57 bits per heavy atom. The first-order valence-electron chi connectivity index (χ1n) is 6.13. The quantitative estimate of drug-likeness (QED) is 0.833. The van der Waals surface area contributed by atoms with Crippen LogP contribution in [0.15, 0.2) is 22.4 Å². The van der Waals surface area contributed by atoms with Crippen molar-refractivity contribution in [1.82, 2.24) is 0 Å². The molecule has 0 amide bonds. The van der Waals surface area contributed by atoms with Crippen LogP contribution < -0.4 is 0 Å². The van der Waals surface area contributed by atoms with Gasteiger partial charge in [0.1, 0.15) is 10.0 Å². The zero-order valence-corrected chi connectivity index (χ0v) is 13.3. The Morgan fingerprint density at radius 1 is 1.24 bits per heavy atom. The van der Waals surface area contributed by atoms with Crippen molar-refractivity contribution in [1.29, 1.82) is 0 Å². The summed E-state index contributed by atoms with van der Waals surface area (Å²) in [7, 11) is -3.50. The summed E-state index contributed by atoms with van der Waals surface area (Å²) in [4.78, 5) is 12.6. The van der Waals surface area contributed by atoms with Crippen molar-refractivity contribution in [2.24, 2.45) is 0 Å². The average molecular weight is 345 g/mol. The van der Waals surface area contributed by atoms with Gasteiger partial charge in [0.15, 0.2) is 15.6 Å². The molecule has 0 bridgehead atoms. The van der Waals surface area contributed by atoms with Crippen molar-refractivity contribution >= 4 is 38.6 Å². The Hall–Kier alpha value is -1.24. The minimum Gasteiger partial charge on any atom is -0.294 e. The number of halogens is 2. The highest BCUT2D eigenvalue weighted by atomic mass is 35.5. The van der Waals surface area contributed by atoms with Gasteiger partial charge in [-0.05, 0) is 35.7 Å². The molecule has 110 valence electrons. The summed E-state index contributed by atoms with van der Waals surface area (Å²) in [5.74, 6) is -0.666. The number of hydrogen-bond acceptors (Lipinski definition) is 4. The number of sulfone groups is 1. The van der Waals surface area contributed by atoms with E-state index in [1.165, 1.54) is 12.1 Å². The summed E-state index contributed by atoms with van der Waals surface area (Å²) < 4.78 is 37.3. The molecule has 0 fully saturated rings. The lowest BCUT2D eigenvalue weighted by atomic mass is 10.1. The van der Waals surface area contributed by atoms with Gasteiger partial charge in [0.25, 0.3) is 0 Å². The zero-order chi connectivity index (χ0) is 15.4. The number of carbonyl (C=O) groups excluding carboxylic acids is 1. The third-order valence-corrected chi connectivity index (χ3v) is 6.65. The van der Waals surface area contributed by atoms with Crippen LogP contribution in [0.1, 0.15) is 22.3 Å². The summed E-state index contributed by atoms with van der Waals surface area (Å²) in [6.07, 6.45) is 1.84. The van der Waals surface area contributed by atoms with E-state index in [0.29, 0.717) is 22.4 Å². The van der Waals surface area contributed by atoms with Crippen molar-refractivity contribution in [2.45, 2.75) is 17.1 Å². The molecule has 7 heteroatoms. The van der Waals surface area contributed by atoms with Gasteiger partial charge < -0.3 is 0 Å². The fourth-order valence-corrected chi connectivity index (χ4v) is 5.28. The van der Waals surface area contributed by atoms with E-state index in [1.807, 2.05) is 0 Å². The van der Waals surface area contributed by atoms with Crippen LogP contribution >= 0.6 is 22.9 Å². The largest absolute Gasteiger partial charge is 0.294 e. The molecule has 1 heterocycles. The second-order valence-corrected chi connectivity index (χ2v) is 8.59. The van der Waals surface area contributed by atoms with E-state index in [-0.39, 0.29) is 27.0 Å². The molecule has 3 rings (SSSR count). The van der Waals surface area contributed by atoms with E-state index in [0.717, 1.165) is 17.6 Å². The Kier molecular flexibility index (Phi) is 3.43. The van der Waals surface area contributed by atoms with Crippen molar-refractivity contribution in [3.63, 3.8) is 0 Å². The smallest absolute Gasteiger partial charge is 0.185 e. The minimum atomic E-state index is -3.50. The number of rotatable bonds is 2. The molecule has 3 nitrogen and oxygen atoms in total. The molecule has 0 unspecified atom stereocenters. The van der Waals surface area contributed by atoms with Crippen LogP contribution in [0.25, 0.3) is 10.4 Å². The molecule has 1 aromatic heterocycles. The molecule has 0 N–H and O–H groups in total. The van der Waals surface area contributed by atoms with Crippen LogP contribution in [0.3, 0.4) is 0 Å². The molecule has 0 saturated carbocycles. The predicted octanol–water partition coefficient (Wildman–Crippen LogP) is 3.74. The summed E-state index contributed by atoms with van der Waals surface area (Å²) in [5, 5.41) is 0.234. The standard InChI is InChI=1S/C14H10ClFO3S2/c1-21(18,19)14-12-10(2-3-11(12)17)13(20-14)7-4-8(15)6-9(16)5-7/h4-6H,2-3H2,1H3. The number of thiophene rings is 1. The van der Waals surface area contributed by atoms with Crippen LogP contribution in [0, 0.1) is 5.82 Å². The fraction of sp³-hybridized carbons (Fsp3) is 0.214. The van der Waals surface area contributed by atoms with Gasteiger partial charge in [-0.2, -0.15) is 0 Å². The molecule has 1 aliphatic rings. The average Bonchev–Trinajstić information content (AvgIpc) is 2.88. The van der Waals surface area contributed by atoms with Crippen LogP contribution in [0.4, 0.5) is 4.39 Å². The summed E-state index contributed by atoms with van der Waals surface area (Å²) >= 11 is 6.86. The van der Waals surface area contributed by atoms with Gasteiger partial charge in [0, 0.05) is 22.6 Å². The Balaban J connectivity index is 2.31. The van der Waals surface area contributed by atoms with Crippen molar-refractivity contribution in [2.75, 3.05) is 6.26 Å². The van der Waals surface area contributed by atoms with Gasteiger partial charge in [-0.1, -0.05) is 11.6 Å². The van der Waals surface area contributed by atoms with E-state index in [1.54, 1.807) is 6.07 Å². The van der Waals surface area contributed by atoms with Gasteiger partial charge in [0.05, 0.1) is 5.56 Å². The van der Waals surface area contributed by atoms with Crippen LogP contribution in [0.2, 0.25) is 5.02 Å². The second kappa shape index (κ2) is 4.90. The molecule has 0 atom stereocenters. The zero-order valence-electron chi connectivity index (χ0n) is 10.9. The first-order chi connectivity index (χ1) is 9.77. The Bertz CT molecular complexity index is 848. The monoisotopic (exact) mass is 344 g/mol. The number of hydrogen-bond donors (Lipinski definition) is 0. The number of ketones is 1. The van der Waals surface area contributed by atoms with E-state index in [4.69, 9.17) is 11.6 Å². The van der Waals surface area contributed by atoms with Crippen molar-refractivity contribution < 1.29 is 17.6 Å². The Labute approximate surface area is 130 Å². The molecule has 0 aliphatic heterocycles. The number of fused-ring (bicyclic) bond motifs is 1. The van der Waals surface area contributed by atoms with Gasteiger partial charge in [0.2, 0.25) is 0 Å².